The summed E-state index contributed by atoms with van der Waals surface area (Å²) in [5.41, 5.74) is 1.16. The lowest BCUT2D eigenvalue weighted by atomic mass is 10.2. The van der Waals surface area contributed by atoms with Gasteiger partial charge in [-0.3, -0.25) is 0 Å². The van der Waals surface area contributed by atoms with Gasteiger partial charge in [-0.15, -0.1) is 0 Å². The number of halogens is 2. The van der Waals surface area contributed by atoms with Gasteiger partial charge in [-0.05, 0) is 23.8 Å². The zero-order valence-electron chi connectivity index (χ0n) is 9.42. The van der Waals surface area contributed by atoms with Crippen LogP contribution in [0.3, 0.4) is 0 Å². The normalized spacial score (nSPS) is 20.5. The molecular weight excluding hydrogens is 338 g/mol. The highest BCUT2D eigenvalue weighted by atomic mass is 79.9. The van der Waals surface area contributed by atoms with Crippen molar-refractivity contribution in [1.82, 2.24) is 5.32 Å². The number of nitrogens with one attached hydrogen (secondary N) is 1. The summed E-state index contributed by atoms with van der Waals surface area (Å²) in [6.45, 7) is 1.92. The lowest BCUT2D eigenvalue weighted by Gasteiger charge is -2.21. The van der Waals surface area contributed by atoms with Gasteiger partial charge in [0.05, 0.1) is 0 Å². The van der Waals surface area contributed by atoms with Crippen LogP contribution in [0.5, 0.6) is 0 Å². The summed E-state index contributed by atoms with van der Waals surface area (Å²) in [5, 5.41) is 5.09. The molecular formula is C12H15BrClNS2. The largest absolute Gasteiger partial charge is 0.311 e. The highest BCUT2D eigenvalue weighted by Gasteiger charge is 2.13. The van der Waals surface area contributed by atoms with Crippen molar-refractivity contribution in [3.63, 3.8) is 0 Å². The summed E-state index contributed by atoms with van der Waals surface area (Å²) >= 11 is 13.8. The Morgan fingerprint density at radius 1 is 1.41 bits per heavy atom. The molecule has 1 unspecified atom stereocenters. The first-order valence-corrected chi connectivity index (χ1v) is 8.97. The topological polar surface area (TPSA) is 12.0 Å². The zero-order valence-corrected chi connectivity index (χ0v) is 13.4. The number of hydrogen-bond acceptors (Lipinski definition) is 3. The third kappa shape index (κ3) is 4.67. The van der Waals surface area contributed by atoms with E-state index in [0.29, 0.717) is 0 Å². The van der Waals surface area contributed by atoms with Gasteiger partial charge in [0.2, 0.25) is 0 Å². The van der Waals surface area contributed by atoms with Crippen LogP contribution in [0.25, 0.3) is 0 Å². The van der Waals surface area contributed by atoms with Crippen LogP contribution in [0.4, 0.5) is 0 Å². The lowest BCUT2D eigenvalue weighted by Crippen LogP contribution is -2.28. The maximum absolute atomic E-state index is 6.15. The Morgan fingerprint density at radius 3 is 3.06 bits per heavy atom. The van der Waals surface area contributed by atoms with E-state index in [4.69, 9.17) is 11.6 Å². The molecule has 17 heavy (non-hydrogen) atoms. The summed E-state index contributed by atoms with van der Waals surface area (Å²) < 4.78 is 1.08. The second-order valence-electron chi connectivity index (χ2n) is 3.93. The smallest absolute Gasteiger partial charge is 0.0451 e. The molecule has 1 saturated heterocycles. The van der Waals surface area contributed by atoms with E-state index < -0.39 is 0 Å². The average molecular weight is 353 g/mol. The van der Waals surface area contributed by atoms with Crippen molar-refractivity contribution in [2.75, 3.05) is 23.8 Å². The van der Waals surface area contributed by atoms with E-state index in [1.165, 1.54) is 17.3 Å². The predicted octanol–water partition coefficient (Wildman–Crippen LogP) is 4.04. The van der Waals surface area contributed by atoms with Gasteiger partial charge in [-0.2, -0.15) is 23.5 Å². The van der Waals surface area contributed by atoms with Crippen LogP contribution in [-0.2, 0) is 6.54 Å². The molecule has 1 aromatic rings. The first kappa shape index (κ1) is 14.1. The fraction of sp³-hybridized carbons (Fsp3) is 0.500. The molecule has 5 heteroatoms. The molecule has 1 aliphatic rings. The Kier molecular flexibility index (Phi) is 6.03. The summed E-state index contributed by atoms with van der Waals surface area (Å²) in [4.78, 5) is 0. The van der Waals surface area contributed by atoms with Gasteiger partial charge in [0.1, 0.15) is 0 Å². The quantitative estimate of drug-likeness (QED) is 0.878. The molecule has 1 N–H and O–H groups in total. The molecule has 1 aliphatic heterocycles. The van der Waals surface area contributed by atoms with Crippen LogP contribution in [0, 0.1) is 0 Å². The van der Waals surface area contributed by atoms with E-state index in [1.54, 1.807) is 0 Å². The Labute approximate surface area is 125 Å². The van der Waals surface area contributed by atoms with Crippen LogP contribution in [0.15, 0.2) is 22.7 Å². The Morgan fingerprint density at radius 2 is 2.29 bits per heavy atom. The van der Waals surface area contributed by atoms with E-state index in [2.05, 4.69) is 50.8 Å². The molecule has 0 aromatic heterocycles. The molecule has 1 aromatic carbocycles. The third-order valence-electron chi connectivity index (χ3n) is 2.58. The van der Waals surface area contributed by atoms with Gasteiger partial charge in [-0.1, -0.05) is 27.5 Å². The van der Waals surface area contributed by atoms with Crippen molar-refractivity contribution in [3.05, 3.63) is 33.3 Å². The number of hydrogen-bond donors (Lipinski definition) is 1. The monoisotopic (exact) mass is 351 g/mol. The summed E-state index contributed by atoms with van der Waals surface area (Å²) in [5.74, 6) is 3.86. The van der Waals surface area contributed by atoms with Crippen molar-refractivity contribution in [2.24, 2.45) is 0 Å². The van der Waals surface area contributed by atoms with E-state index in [-0.39, 0.29) is 0 Å². The Balaban J connectivity index is 1.79. The molecule has 0 saturated carbocycles. The molecule has 94 valence electrons. The lowest BCUT2D eigenvalue weighted by molar-refractivity contribution is 0.686. The molecule has 0 aliphatic carbocycles. The SMILES string of the molecule is Clc1ccc(Br)cc1CNCC1CSCCS1. The van der Waals surface area contributed by atoms with Crippen molar-refractivity contribution >= 4 is 51.1 Å². The predicted molar refractivity (Wildman–Crippen MR) is 84.4 cm³/mol. The first-order chi connectivity index (χ1) is 8.25. The van der Waals surface area contributed by atoms with Crippen LogP contribution >= 0.6 is 51.1 Å². The number of rotatable bonds is 4. The van der Waals surface area contributed by atoms with Crippen molar-refractivity contribution in [2.45, 2.75) is 11.8 Å². The van der Waals surface area contributed by atoms with Gasteiger partial charge < -0.3 is 5.32 Å². The standard InChI is InChI=1S/C12H15BrClNS2/c13-10-1-2-12(14)9(5-10)6-15-7-11-8-16-3-4-17-11/h1-2,5,11,15H,3-4,6-8H2. The average Bonchev–Trinajstić information content (AvgIpc) is 2.35. The molecule has 1 nitrogen and oxygen atoms in total. The van der Waals surface area contributed by atoms with Gasteiger partial charge >= 0.3 is 0 Å². The summed E-state index contributed by atoms with van der Waals surface area (Å²) in [7, 11) is 0. The van der Waals surface area contributed by atoms with Crippen molar-refractivity contribution in [1.29, 1.82) is 0 Å². The van der Waals surface area contributed by atoms with Crippen LogP contribution in [0.1, 0.15) is 5.56 Å². The minimum atomic E-state index is 0.750. The van der Waals surface area contributed by atoms with E-state index in [1.807, 2.05) is 12.1 Å². The summed E-state index contributed by atoms with van der Waals surface area (Å²) in [6.07, 6.45) is 0. The highest BCUT2D eigenvalue weighted by Crippen LogP contribution is 2.24. The van der Waals surface area contributed by atoms with Crippen LogP contribution < -0.4 is 5.32 Å². The maximum Gasteiger partial charge on any atom is 0.0451 e. The highest BCUT2D eigenvalue weighted by molar-refractivity contribution is 9.10. The second-order valence-corrected chi connectivity index (χ2v) is 7.82. The number of thioether (sulfide) groups is 2. The van der Waals surface area contributed by atoms with Gasteiger partial charge in [0, 0.05) is 45.1 Å². The Bertz CT molecular complexity index is 370. The van der Waals surface area contributed by atoms with Crippen molar-refractivity contribution in [3.8, 4) is 0 Å². The summed E-state index contributed by atoms with van der Waals surface area (Å²) in [6, 6.07) is 5.99. The molecule has 2 rings (SSSR count). The molecule has 1 atom stereocenters. The minimum Gasteiger partial charge on any atom is -0.311 e. The first-order valence-electron chi connectivity index (χ1n) is 5.59. The van der Waals surface area contributed by atoms with Gasteiger partial charge in [0.25, 0.3) is 0 Å². The third-order valence-corrected chi connectivity index (χ3v) is 6.29. The minimum absolute atomic E-state index is 0.750. The van der Waals surface area contributed by atoms with E-state index in [9.17, 15) is 0 Å². The molecule has 1 heterocycles. The maximum atomic E-state index is 6.15. The number of benzene rings is 1. The zero-order chi connectivity index (χ0) is 12.1. The molecule has 0 radical (unpaired) electrons. The van der Waals surface area contributed by atoms with E-state index >= 15 is 0 Å². The van der Waals surface area contributed by atoms with Gasteiger partial charge in [0.15, 0.2) is 0 Å². The van der Waals surface area contributed by atoms with Gasteiger partial charge in [-0.25, -0.2) is 0 Å². The van der Waals surface area contributed by atoms with E-state index in [0.717, 1.165) is 33.4 Å². The molecule has 0 amide bonds. The Hall–Kier alpha value is 0.650. The fourth-order valence-corrected chi connectivity index (χ4v) is 4.94. The fourth-order valence-electron chi connectivity index (χ4n) is 1.70. The van der Waals surface area contributed by atoms with Crippen molar-refractivity contribution < 1.29 is 0 Å². The molecule has 1 fully saturated rings. The van der Waals surface area contributed by atoms with Crippen LogP contribution in [-0.4, -0.2) is 29.1 Å². The molecule has 0 spiro atoms. The second kappa shape index (κ2) is 7.29. The molecule has 0 bridgehead atoms. The van der Waals surface area contributed by atoms with Crippen LogP contribution in [0.2, 0.25) is 5.02 Å².